The van der Waals surface area contributed by atoms with E-state index in [4.69, 9.17) is 14.4 Å². The Morgan fingerprint density at radius 2 is 1.17 bits per heavy atom. The van der Waals surface area contributed by atoms with Crippen LogP contribution in [0.4, 0.5) is 0 Å². The summed E-state index contributed by atoms with van der Waals surface area (Å²) >= 11 is 0. The minimum Gasteiger partial charge on any atom is -0.436 e. The molecule has 0 fully saturated rings. The van der Waals surface area contributed by atoms with Crippen LogP contribution in [0.25, 0.3) is 83.6 Å². The number of oxazole rings is 1. The zero-order chi connectivity index (χ0) is 30.5. The van der Waals surface area contributed by atoms with E-state index in [9.17, 15) is 0 Å². The molecule has 4 heteroatoms. The van der Waals surface area contributed by atoms with Crippen LogP contribution in [-0.4, -0.2) is 14.5 Å². The summed E-state index contributed by atoms with van der Waals surface area (Å²) in [4.78, 5) is 9.66. The van der Waals surface area contributed by atoms with Gasteiger partial charge in [0.1, 0.15) is 5.52 Å². The molecule has 0 spiro atoms. The second-order valence-corrected chi connectivity index (χ2v) is 11.5. The van der Waals surface area contributed by atoms with Gasteiger partial charge >= 0.3 is 0 Å². The predicted octanol–water partition coefficient (Wildman–Crippen LogP) is 11.0. The van der Waals surface area contributed by atoms with Crippen molar-refractivity contribution in [1.29, 1.82) is 0 Å². The summed E-state index contributed by atoms with van der Waals surface area (Å²) in [5, 5.41) is 2.36. The fraction of sp³-hybridized carbons (Fsp3) is 0. The molecule has 9 aromatic rings. The molecule has 0 radical (unpaired) electrons. The highest BCUT2D eigenvalue weighted by Crippen LogP contribution is 2.38. The van der Waals surface area contributed by atoms with E-state index >= 15 is 0 Å². The lowest BCUT2D eigenvalue weighted by Crippen LogP contribution is -1.95. The summed E-state index contributed by atoms with van der Waals surface area (Å²) in [6, 6.07) is 54.9. The molecule has 0 saturated heterocycles. The van der Waals surface area contributed by atoms with Crippen LogP contribution in [0.3, 0.4) is 0 Å². The second-order valence-electron chi connectivity index (χ2n) is 11.5. The molecular weight excluding hydrogens is 562 g/mol. The van der Waals surface area contributed by atoms with Crippen molar-refractivity contribution < 1.29 is 4.42 Å². The number of benzene rings is 6. The van der Waals surface area contributed by atoms with E-state index in [1.807, 2.05) is 36.5 Å². The summed E-state index contributed by atoms with van der Waals surface area (Å²) in [6.45, 7) is 0. The first-order valence-electron chi connectivity index (χ1n) is 15.4. The third kappa shape index (κ3) is 4.47. The van der Waals surface area contributed by atoms with Gasteiger partial charge in [0, 0.05) is 39.3 Å². The normalized spacial score (nSPS) is 11.5. The fourth-order valence-electron chi connectivity index (χ4n) is 6.41. The molecule has 0 saturated carbocycles. The van der Waals surface area contributed by atoms with Crippen LogP contribution in [0, 0.1) is 0 Å². The molecule has 4 nitrogen and oxygen atoms in total. The maximum atomic E-state index is 6.19. The van der Waals surface area contributed by atoms with Crippen LogP contribution >= 0.6 is 0 Å². The predicted molar refractivity (Wildman–Crippen MR) is 188 cm³/mol. The third-order valence-corrected chi connectivity index (χ3v) is 8.68. The summed E-state index contributed by atoms with van der Waals surface area (Å²) in [7, 11) is 0. The highest BCUT2D eigenvalue weighted by atomic mass is 16.3. The summed E-state index contributed by atoms with van der Waals surface area (Å²) in [5.74, 6) is 0.612. The highest BCUT2D eigenvalue weighted by Gasteiger charge is 2.17. The maximum absolute atomic E-state index is 6.19. The first-order chi connectivity index (χ1) is 22.8. The van der Waals surface area contributed by atoms with E-state index in [0.29, 0.717) is 5.89 Å². The third-order valence-electron chi connectivity index (χ3n) is 8.68. The highest BCUT2D eigenvalue weighted by molar-refractivity contribution is 6.11. The average Bonchev–Trinajstić information content (AvgIpc) is 3.71. The van der Waals surface area contributed by atoms with Crippen LogP contribution in [-0.2, 0) is 0 Å². The quantitative estimate of drug-likeness (QED) is 0.201. The number of rotatable bonds is 5. The van der Waals surface area contributed by atoms with Crippen molar-refractivity contribution >= 4 is 32.9 Å². The number of fused-ring (bicyclic) bond motifs is 4. The van der Waals surface area contributed by atoms with Gasteiger partial charge in [0.2, 0.25) is 5.89 Å². The molecule has 0 aliphatic heterocycles. The standard InChI is InChI=1S/C42H27N3O/c1-3-10-28(11-4-1)30-20-23-39-36(25-30)35-21-18-32(42-44-38-16-7-8-17-41(38)46-42)26-40(35)45(39)34-15-9-14-31(24-34)37-22-19-33(27-43-37)29-12-5-2-6-13-29/h1-27H. The molecule has 9 rings (SSSR count). The lowest BCUT2D eigenvalue weighted by molar-refractivity contribution is 0.620. The molecule has 0 amide bonds. The van der Waals surface area contributed by atoms with Gasteiger partial charge in [-0.3, -0.25) is 4.98 Å². The van der Waals surface area contributed by atoms with Crippen molar-refractivity contribution in [2.45, 2.75) is 0 Å². The van der Waals surface area contributed by atoms with Crippen molar-refractivity contribution in [1.82, 2.24) is 14.5 Å². The largest absolute Gasteiger partial charge is 0.436 e. The monoisotopic (exact) mass is 589 g/mol. The molecule has 0 aliphatic rings. The molecule has 216 valence electrons. The molecule has 0 unspecified atom stereocenters. The van der Waals surface area contributed by atoms with E-state index in [0.717, 1.165) is 55.8 Å². The van der Waals surface area contributed by atoms with Gasteiger partial charge in [-0.1, -0.05) is 103 Å². The minimum absolute atomic E-state index is 0.612. The second kappa shape index (κ2) is 10.7. The van der Waals surface area contributed by atoms with Gasteiger partial charge in [0.15, 0.2) is 5.58 Å². The van der Waals surface area contributed by atoms with Crippen molar-refractivity contribution in [3.8, 4) is 50.7 Å². The van der Waals surface area contributed by atoms with E-state index in [2.05, 4.69) is 132 Å². The Kier molecular flexibility index (Phi) is 6.10. The lowest BCUT2D eigenvalue weighted by Gasteiger charge is -2.11. The molecule has 0 aliphatic carbocycles. The van der Waals surface area contributed by atoms with E-state index < -0.39 is 0 Å². The van der Waals surface area contributed by atoms with Crippen LogP contribution in [0.1, 0.15) is 0 Å². The van der Waals surface area contributed by atoms with Crippen LogP contribution in [0.2, 0.25) is 0 Å². The van der Waals surface area contributed by atoms with Gasteiger partial charge in [-0.05, 0) is 71.3 Å². The zero-order valence-corrected chi connectivity index (χ0v) is 24.8. The summed E-state index contributed by atoms with van der Waals surface area (Å²) < 4.78 is 8.53. The van der Waals surface area contributed by atoms with Crippen molar-refractivity contribution in [2.24, 2.45) is 0 Å². The average molecular weight is 590 g/mol. The van der Waals surface area contributed by atoms with Gasteiger partial charge in [-0.15, -0.1) is 0 Å². The molecule has 0 bridgehead atoms. The molecule has 0 N–H and O–H groups in total. The Hall–Kier alpha value is -6.26. The Morgan fingerprint density at radius 3 is 1.96 bits per heavy atom. The smallest absolute Gasteiger partial charge is 0.227 e. The van der Waals surface area contributed by atoms with E-state index in [-0.39, 0.29) is 0 Å². The van der Waals surface area contributed by atoms with Gasteiger partial charge in [-0.2, -0.15) is 0 Å². The number of hydrogen-bond donors (Lipinski definition) is 0. The molecule has 3 heterocycles. The van der Waals surface area contributed by atoms with Crippen molar-refractivity contribution in [2.75, 3.05) is 0 Å². The number of hydrogen-bond acceptors (Lipinski definition) is 3. The van der Waals surface area contributed by atoms with Crippen LogP contribution < -0.4 is 0 Å². The summed E-state index contributed by atoms with van der Waals surface area (Å²) in [5.41, 5.74) is 12.5. The number of para-hydroxylation sites is 2. The fourth-order valence-corrected chi connectivity index (χ4v) is 6.41. The van der Waals surface area contributed by atoms with E-state index in [1.54, 1.807) is 0 Å². The van der Waals surface area contributed by atoms with Crippen LogP contribution in [0.5, 0.6) is 0 Å². The Morgan fingerprint density at radius 1 is 0.457 bits per heavy atom. The Bertz CT molecular complexity index is 2480. The Balaban J connectivity index is 1.22. The number of nitrogens with zero attached hydrogens (tertiary/aromatic N) is 3. The topological polar surface area (TPSA) is 43.9 Å². The first-order valence-corrected chi connectivity index (χ1v) is 15.4. The number of aromatic nitrogens is 3. The molecule has 6 aromatic carbocycles. The molecule has 3 aromatic heterocycles. The van der Waals surface area contributed by atoms with E-state index in [1.165, 1.54) is 21.9 Å². The zero-order valence-electron chi connectivity index (χ0n) is 24.8. The molecular formula is C42H27N3O. The first kappa shape index (κ1) is 26.2. The van der Waals surface area contributed by atoms with Crippen molar-refractivity contribution in [3.05, 3.63) is 164 Å². The summed E-state index contributed by atoms with van der Waals surface area (Å²) in [6.07, 6.45) is 1.95. The van der Waals surface area contributed by atoms with Gasteiger partial charge in [0.05, 0.1) is 16.7 Å². The van der Waals surface area contributed by atoms with Crippen molar-refractivity contribution in [3.63, 3.8) is 0 Å². The molecule has 0 atom stereocenters. The van der Waals surface area contributed by atoms with Crippen LogP contribution in [0.15, 0.2) is 168 Å². The van der Waals surface area contributed by atoms with Gasteiger partial charge in [0.25, 0.3) is 0 Å². The molecule has 46 heavy (non-hydrogen) atoms. The van der Waals surface area contributed by atoms with Gasteiger partial charge < -0.3 is 8.98 Å². The van der Waals surface area contributed by atoms with Gasteiger partial charge in [-0.25, -0.2) is 4.98 Å². The minimum atomic E-state index is 0.612. The lowest BCUT2D eigenvalue weighted by atomic mass is 10.0. The maximum Gasteiger partial charge on any atom is 0.227 e. The number of pyridine rings is 1. The Labute approximate surface area is 265 Å². The SMILES string of the molecule is c1ccc(-c2ccc(-c3cccc(-n4c5ccc(-c6ccccc6)cc5c5ccc(-c6nc7ccccc7o6)cc54)c3)nc2)cc1.